The van der Waals surface area contributed by atoms with Crippen LogP contribution in [0.15, 0.2) is 59.8 Å². The second-order valence-corrected chi connectivity index (χ2v) is 11.3. The maximum Gasteiger partial charge on any atom is 0.416 e. The Morgan fingerprint density at radius 2 is 1.51 bits per heavy atom. The van der Waals surface area contributed by atoms with Gasteiger partial charge in [0.1, 0.15) is 0 Å². The van der Waals surface area contributed by atoms with Gasteiger partial charge in [-0.25, -0.2) is 13.1 Å². The zero-order valence-electron chi connectivity index (χ0n) is 20.0. The summed E-state index contributed by atoms with van der Waals surface area (Å²) in [6, 6.07) is 7.07. The van der Waals surface area contributed by atoms with Gasteiger partial charge in [-0.1, -0.05) is 17.3 Å². The molecule has 2 aromatic carbocycles. The summed E-state index contributed by atoms with van der Waals surface area (Å²) < 4.78 is 108. The van der Waals surface area contributed by atoms with Gasteiger partial charge in [0.05, 0.1) is 34.1 Å². The number of hydrogen-bond donors (Lipinski definition) is 0. The van der Waals surface area contributed by atoms with Crippen molar-refractivity contribution in [2.24, 2.45) is 5.92 Å². The number of hydrogen-bond acceptors (Lipinski definition) is 5. The van der Waals surface area contributed by atoms with Crippen LogP contribution in [0.1, 0.15) is 29.0 Å². The highest BCUT2D eigenvalue weighted by Crippen LogP contribution is 2.49. The highest BCUT2D eigenvalue weighted by molar-refractivity contribution is 7.89. The second-order valence-electron chi connectivity index (χ2n) is 9.36. The number of carbonyl (C=O) groups excluding carboxylic acids is 1. The van der Waals surface area contributed by atoms with E-state index in [9.17, 15) is 39.6 Å². The Labute approximate surface area is 218 Å². The Morgan fingerprint density at radius 1 is 0.872 bits per heavy atom. The lowest BCUT2D eigenvalue weighted by Crippen LogP contribution is -2.51. The molecule has 1 aromatic heterocycles. The van der Waals surface area contributed by atoms with Crippen molar-refractivity contribution < 1.29 is 39.6 Å². The molecule has 0 radical (unpaired) electrons. The van der Waals surface area contributed by atoms with Crippen LogP contribution in [-0.2, 0) is 27.2 Å². The summed E-state index contributed by atoms with van der Waals surface area (Å²) >= 11 is 0. The zero-order chi connectivity index (χ0) is 28.2. The summed E-state index contributed by atoms with van der Waals surface area (Å²) in [5.74, 6) is -0.870. The average molecular weight is 574 g/mol. The minimum absolute atomic E-state index is 0.0309. The summed E-state index contributed by atoms with van der Waals surface area (Å²) in [5, 5.41) is 7.18. The monoisotopic (exact) mass is 573 g/mol. The molecular formula is C24H21F6N5O3S. The van der Waals surface area contributed by atoms with E-state index in [1.54, 1.807) is 0 Å². The maximum absolute atomic E-state index is 13.5. The molecular weight excluding hydrogens is 552 g/mol. The van der Waals surface area contributed by atoms with Crippen LogP contribution in [0.2, 0.25) is 0 Å². The first-order chi connectivity index (χ1) is 18.2. The van der Waals surface area contributed by atoms with Crippen LogP contribution < -0.4 is 0 Å². The summed E-state index contributed by atoms with van der Waals surface area (Å²) in [6.45, 7) is -0.187. The largest absolute Gasteiger partial charge is 0.416 e. The number of alkyl halides is 6. The maximum atomic E-state index is 13.5. The predicted molar refractivity (Wildman–Crippen MR) is 124 cm³/mol. The Morgan fingerprint density at radius 3 is 2.08 bits per heavy atom. The number of benzene rings is 2. The molecule has 1 amide bonds. The molecule has 0 spiro atoms. The third kappa shape index (κ3) is 5.50. The van der Waals surface area contributed by atoms with Gasteiger partial charge < -0.3 is 4.90 Å². The lowest BCUT2D eigenvalue weighted by molar-refractivity contribution is -0.138. The molecule has 15 heteroatoms. The van der Waals surface area contributed by atoms with Crippen molar-refractivity contribution in [2.45, 2.75) is 29.6 Å². The van der Waals surface area contributed by atoms with Crippen molar-refractivity contribution in [2.75, 3.05) is 26.2 Å². The average Bonchev–Trinajstić information content (AvgIpc) is 3.50. The Kier molecular flexibility index (Phi) is 6.69. The molecule has 2 heterocycles. The predicted octanol–water partition coefficient (Wildman–Crippen LogP) is 3.94. The zero-order valence-corrected chi connectivity index (χ0v) is 20.8. The van der Waals surface area contributed by atoms with Gasteiger partial charge in [-0.05, 0) is 48.2 Å². The van der Waals surface area contributed by atoms with Crippen molar-refractivity contribution in [1.82, 2.24) is 24.2 Å². The second kappa shape index (κ2) is 9.62. The molecule has 1 aliphatic carbocycles. The van der Waals surface area contributed by atoms with Crippen LogP contribution in [0.3, 0.4) is 0 Å². The number of halogens is 6. The smallest absolute Gasteiger partial charge is 0.340 e. The molecule has 2 aliphatic rings. The molecule has 1 aliphatic heterocycles. The van der Waals surface area contributed by atoms with Gasteiger partial charge in [-0.15, -0.1) is 5.10 Å². The van der Waals surface area contributed by atoms with Crippen molar-refractivity contribution in [3.05, 3.63) is 71.5 Å². The number of rotatable bonds is 5. The fraction of sp³-hybridized carbons (Fsp3) is 0.375. The number of amides is 1. The number of sulfonamides is 1. The summed E-state index contributed by atoms with van der Waals surface area (Å²) in [4.78, 5) is 13.9. The minimum Gasteiger partial charge on any atom is -0.340 e. The SMILES string of the molecule is O=C([C@@H]1C[C@H]1c1ccc(C(F)(F)F)cc1)N1CCN(S(=O)(=O)c2cc(-n3ccnn3)cc(C(F)(F)F)c2)CC1. The fourth-order valence-corrected chi connectivity index (χ4v) is 6.15. The number of carbonyl (C=O) groups is 1. The van der Waals surface area contributed by atoms with Crippen LogP contribution in [0, 0.1) is 5.92 Å². The Balaban J connectivity index is 1.26. The molecule has 2 fully saturated rings. The highest BCUT2D eigenvalue weighted by atomic mass is 32.2. The lowest BCUT2D eigenvalue weighted by Gasteiger charge is -2.34. The summed E-state index contributed by atoms with van der Waals surface area (Å²) in [6.07, 6.45) is -6.26. The standard InChI is InChI=1S/C24H21F6N5O3S/c25-23(26,27)16-3-1-15(2-4-16)20-14-21(20)22(36)33-7-9-34(10-8-33)39(37,38)19-12-17(24(28,29)30)11-18(13-19)35-6-5-31-32-35/h1-6,11-13,20-21H,7-10,14H2/t20-,21+/m0/s1. The molecule has 39 heavy (non-hydrogen) atoms. The molecule has 5 rings (SSSR count). The van der Waals surface area contributed by atoms with E-state index in [-0.39, 0.29) is 43.7 Å². The lowest BCUT2D eigenvalue weighted by atomic mass is 10.1. The first kappa shape index (κ1) is 27.1. The third-order valence-electron chi connectivity index (χ3n) is 6.87. The van der Waals surface area contributed by atoms with E-state index >= 15 is 0 Å². The van der Waals surface area contributed by atoms with E-state index in [1.165, 1.54) is 29.4 Å². The molecule has 0 N–H and O–H groups in total. The van der Waals surface area contributed by atoms with Crippen molar-refractivity contribution in [3.8, 4) is 5.69 Å². The van der Waals surface area contributed by atoms with Crippen molar-refractivity contribution >= 4 is 15.9 Å². The molecule has 208 valence electrons. The molecule has 1 saturated heterocycles. The topological polar surface area (TPSA) is 88.4 Å². The van der Waals surface area contributed by atoms with E-state index in [1.807, 2.05) is 0 Å². The normalized spacial score (nSPS) is 20.7. The minimum atomic E-state index is -4.81. The van der Waals surface area contributed by atoms with Crippen LogP contribution in [0.25, 0.3) is 5.69 Å². The van der Waals surface area contributed by atoms with Gasteiger partial charge in [0.25, 0.3) is 0 Å². The van der Waals surface area contributed by atoms with Crippen LogP contribution in [0.4, 0.5) is 26.3 Å². The quantitative estimate of drug-likeness (QED) is 0.432. The number of piperazine rings is 1. The molecule has 1 saturated carbocycles. The molecule has 8 nitrogen and oxygen atoms in total. The number of aromatic nitrogens is 3. The molecule has 0 bridgehead atoms. The van der Waals surface area contributed by atoms with Gasteiger partial charge in [-0.3, -0.25) is 4.79 Å². The van der Waals surface area contributed by atoms with Gasteiger partial charge in [0.15, 0.2) is 0 Å². The van der Waals surface area contributed by atoms with E-state index in [0.717, 1.165) is 33.3 Å². The van der Waals surface area contributed by atoms with Crippen LogP contribution in [-0.4, -0.2) is 64.7 Å². The van der Waals surface area contributed by atoms with Gasteiger partial charge in [-0.2, -0.15) is 30.6 Å². The molecule has 0 unspecified atom stereocenters. The summed E-state index contributed by atoms with van der Waals surface area (Å²) in [7, 11) is -4.34. The van der Waals surface area contributed by atoms with E-state index in [4.69, 9.17) is 0 Å². The third-order valence-corrected chi connectivity index (χ3v) is 8.74. The van der Waals surface area contributed by atoms with E-state index in [0.29, 0.717) is 18.1 Å². The number of nitrogens with zero attached hydrogens (tertiary/aromatic N) is 5. The first-order valence-electron chi connectivity index (χ1n) is 11.8. The van der Waals surface area contributed by atoms with Gasteiger partial charge in [0, 0.05) is 32.1 Å². The van der Waals surface area contributed by atoms with Gasteiger partial charge in [0.2, 0.25) is 15.9 Å². The Hall–Kier alpha value is -3.46. The van der Waals surface area contributed by atoms with E-state index < -0.39 is 44.3 Å². The molecule has 2 atom stereocenters. The van der Waals surface area contributed by atoms with Crippen molar-refractivity contribution in [3.63, 3.8) is 0 Å². The fourth-order valence-electron chi connectivity index (χ4n) is 4.66. The molecule has 3 aromatic rings. The van der Waals surface area contributed by atoms with Crippen LogP contribution >= 0.6 is 0 Å². The van der Waals surface area contributed by atoms with Crippen molar-refractivity contribution in [1.29, 1.82) is 0 Å². The highest BCUT2D eigenvalue weighted by Gasteiger charge is 2.47. The van der Waals surface area contributed by atoms with Gasteiger partial charge >= 0.3 is 12.4 Å². The van der Waals surface area contributed by atoms with E-state index in [2.05, 4.69) is 10.3 Å². The summed E-state index contributed by atoms with van der Waals surface area (Å²) in [5.41, 5.74) is -1.44. The van der Waals surface area contributed by atoms with Crippen LogP contribution in [0.5, 0.6) is 0 Å². The Bertz CT molecular complexity index is 1470. The first-order valence-corrected chi connectivity index (χ1v) is 13.2.